The van der Waals surface area contributed by atoms with Crippen molar-refractivity contribution in [2.75, 3.05) is 26.4 Å². The van der Waals surface area contributed by atoms with E-state index in [1.807, 2.05) is 13.8 Å². The molecular formula is C13H23NO4. The van der Waals surface area contributed by atoms with Crippen molar-refractivity contribution in [3.05, 3.63) is 24.4 Å². The van der Waals surface area contributed by atoms with Crippen LogP contribution in [0.5, 0.6) is 0 Å². The first-order valence-corrected chi connectivity index (χ1v) is 6.07. The molecule has 0 heterocycles. The Bertz CT molecular complexity index is 270. The third-order valence-corrected chi connectivity index (χ3v) is 1.93. The smallest absolute Gasteiger partial charge is 0.332 e. The maximum absolute atomic E-state index is 11.3. The van der Waals surface area contributed by atoms with Gasteiger partial charge in [-0.25, -0.2) is 4.79 Å². The predicted octanol–water partition coefficient (Wildman–Crippen LogP) is 1.61. The second-order valence-electron chi connectivity index (χ2n) is 3.47. The summed E-state index contributed by atoms with van der Waals surface area (Å²) in [6.07, 6.45) is 2.60. The van der Waals surface area contributed by atoms with Crippen LogP contribution < -0.4 is 5.32 Å². The summed E-state index contributed by atoms with van der Waals surface area (Å²) in [7, 11) is 0. The Morgan fingerprint density at radius 3 is 2.44 bits per heavy atom. The van der Waals surface area contributed by atoms with E-state index >= 15 is 0 Å². The Kier molecular flexibility index (Phi) is 10.0. The first-order chi connectivity index (χ1) is 8.63. The summed E-state index contributed by atoms with van der Waals surface area (Å²) >= 11 is 0. The van der Waals surface area contributed by atoms with Crippen LogP contribution in [0.25, 0.3) is 0 Å². The van der Waals surface area contributed by atoms with Crippen LogP contribution in [0.3, 0.4) is 0 Å². The second-order valence-corrected chi connectivity index (χ2v) is 3.47. The van der Waals surface area contributed by atoms with Crippen LogP contribution >= 0.6 is 0 Å². The van der Waals surface area contributed by atoms with Crippen LogP contribution in [-0.2, 0) is 19.0 Å². The molecule has 0 aromatic rings. The summed E-state index contributed by atoms with van der Waals surface area (Å²) < 4.78 is 15.6. The summed E-state index contributed by atoms with van der Waals surface area (Å²) in [5.41, 5.74) is 0.702. The normalized spacial score (nSPS) is 11.4. The zero-order valence-corrected chi connectivity index (χ0v) is 11.4. The highest BCUT2D eigenvalue weighted by molar-refractivity contribution is 5.82. The van der Waals surface area contributed by atoms with Gasteiger partial charge >= 0.3 is 5.97 Å². The topological polar surface area (TPSA) is 56.8 Å². The molecule has 0 aromatic heterocycles. The first-order valence-electron chi connectivity index (χ1n) is 6.07. The number of ether oxygens (including phenoxy) is 3. The van der Waals surface area contributed by atoms with Gasteiger partial charge in [0, 0.05) is 25.0 Å². The van der Waals surface area contributed by atoms with E-state index in [9.17, 15) is 4.79 Å². The fourth-order valence-electron chi connectivity index (χ4n) is 1.19. The molecule has 0 spiro atoms. The third-order valence-electron chi connectivity index (χ3n) is 1.93. The minimum atomic E-state index is -0.399. The van der Waals surface area contributed by atoms with Gasteiger partial charge in [0.15, 0.2) is 6.29 Å². The number of rotatable bonds is 10. The molecule has 1 N–H and O–H groups in total. The molecule has 0 unspecified atom stereocenters. The molecule has 0 aliphatic heterocycles. The molecule has 0 bridgehead atoms. The van der Waals surface area contributed by atoms with Crippen LogP contribution in [-0.4, -0.2) is 38.6 Å². The number of nitrogens with one attached hydrogen (secondary N) is 1. The lowest BCUT2D eigenvalue weighted by molar-refractivity contribution is -0.137. The molecule has 5 heteroatoms. The number of carbonyl (C=O) groups is 1. The van der Waals surface area contributed by atoms with Crippen molar-refractivity contribution < 1.29 is 19.0 Å². The monoisotopic (exact) mass is 257 g/mol. The van der Waals surface area contributed by atoms with Gasteiger partial charge in [-0.2, -0.15) is 0 Å². The lowest BCUT2D eigenvalue weighted by Gasteiger charge is -2.18. The van der Waals surface area contributed by atoms with Gasteiger partial charge in [-0.05, 0) is 20.8 Å². The van der Waals surface area contributed by atoms with Crippen molar-refractivity contribution in [1.29, 1.82) is 0 Å². The lowest BCUT2D eigenvalue weighted by Crippen LogP contribution is -2.31. The molecule has 0 amide bonds. The third kappa shape index (κ3) is 8.78. The fraction of sp³-hybridized carbons (Fsp3) is 0.615. The summed E-state index contributed by atoms with van der Waals surface area (Å²) in [4.78, 5) is 11.3. The van der Waals surface area contributed by atoms with Gasteiger partial charge < -0.3 is 19.5 Å². The quantitative estimate of drug-likeness (QED) is 0.279. The Labute approximate surface area is 109 Å². The average Bonchev–Trinajstić information content (AvgIpc) is 2.34. The van der Waals surface area contributed by atoms with E-state index in [4.69, 9.17) is 14.2 Å². The van der Waals surface area contributed by atoms with Gasteiger partial charge in [0.2, 0.25) is 0 Å². The number of hydrogen-bond donors (Lipinski definition) is 1. The van der Waals surface area contributed by atoms with Gasteiger partial charge in [-0.1, -0.05) is 12.7 Å². The predicted molar refractivity (Wildman–Crippen MR) is 70.0 cm³/mol. The van der Waals surface area contributed by atoms with Gasteiger partial charge in [0.05, 0.1) is 6.54 Å². The summed E-state index contributed by atoms with van der Waals surface area (Å²) in [6.45, 7) is 10.9. The highest BCUT2D eigenvalue weighted by Gasteiger charge is 2.07. The van der Waals surface area contributed by atoms with Crippen molar-refractivity contribution in [1.82, 2.24) is 5.32 Å². The molecular weight excluding hydrogens is 234 g/mol. The highest BCUT2D eigenvalue weighted by Crippen LogP contribution is 1.96. The van der Waals surface area contributed by atoms with Gasteiger partial charge in [-0.3, -0.25) is 0 Å². The maximum Gasteiger partial charge on any atom is 0.332 e. The molecule has 104 valence electrons. The molecule has 0 rings (SSSR count). The van der Waals surface area contributed by atoms with E-state index in [1.54, 1.807) is 6.92 Å². The number of carbonyl (C=O) groups excluding carboxylic acids is 1. The van der Waals surface area contributed by atoms with Crippen LogP contribution in [0.1, 0.15) is 20.8 Å². The minimum absolute atomic E-state index is 0.211. The maximum atomic E-state index is 11.3. The Hall–Kier alpha value is -1.33. The van der Waals surface area contributed by atoms with E-state index in [-0.39, 0.29) is 12.9 Å². The largest absolute Gasteiger partial charge is 0.458 e. The van der Waals surface area contributed by atoms with Crippen molar-refractivity contribution in [3.63, 3.8) is 0 Å². The SMILES string of the molecule is C=CCOC(=O)/C=C(/C)NCC(OCC)OCC. The molecule has 0 atom stereocenters. The van der Waals surface area contributed by atoms with Gasteiger partial charge in [0.1, 0.15) is 6.61 Å². The standard InChI is InChI=1S/C13H23NO4/c1-5-8-18-12(15)9-11(4)14-10-13(16-6-2)17-7-3/h5,9,13-14H,1,6-8,10H2,2-4H3/b11-9-. The molecule has 0 aliphatic carbocycles. The van der Waals surface area contributed by atoms with Crippen LogP contribution in [0.15, 0.2) is 24.4 Å². The van der Waals surface area contributed by atoms with Gasteiger partial charge in [-0.15, -0.1) is 0 Å². The minimum Gasteiger partial charge on any atom is -0.458 e. The zero-order valence-electron chi connectivity index (χ0n) is 11.4. The van der Waals surface area contributed by atoms with E-state index in [2.05, 4.69) is 11.9 Å². The van der Waals surface area contributed by atoms with E-state index < -0.39 is 5.97 Å². The molecule has 0 fully saturated rings. The fourth-order valence-corrected chi connectivity index (χ4v) is 1.19. The highest BCUT2D eigenvalue weighted by atomic mass is 16.7. The lowest BCUT2D eigenvalue weighted by atomic mass is 10.4. The van der Waals surface area contributed by atoms with E-state index in [0.717, 1.165) is 0 Å². The molecule has 0 radical (unpaired) electrons. The summed E-state index contributed by atoms with van der Waals surface area (Å²) in [6, 6.07) is 0. The van der Waals surface area contributed by atoms with Crippen molar-refractivity contribution in [2.24, 2.45) is 0 Å². The molecule has 0 saturated heterocycles. The van der Waals surface area contributed by atoms with Crippen molar-refractivity contribution in [3.8, 4) is 0 Å². The van der Waals surface area contributed by atoms with Gasteiger partial charge in [0.25, 0.3) is 0 Å². The Morgan fingerprint density at radius 2 is 1.94 bits per heavy atom. The van der Waals surface area contributed by atoms with Crippen molar-refractivity contribution >= 4 is 5.97 Å². The Balaban J connectivity index is 4.04. The van der Waals surface area contributed by atoms with Crippen molar-refractivity contribution in [2.45, 2.75) is 27.1 Å². The Morgan fingerprint density at radius 1 is 1.33 bits per heavy atom. The molecule has 0 saturated carbocycles. The number of esters is 1. The van der Waals surface area contributed by atoms with Crippen LogP contribution in [0, 0.1) is 0 Å². The van der Waals surface area contributed by atoms with E-state index in [0.29, 0.717) is 25.5 Å². The average molecular weight is 257 g/mol. The van der Waals surface area contributed by atoms with Crippen LogP contribution in [0.2, 0.25) is 0 Å². The second kappa shape index (κ2) is 10.8. The molecule has 0 aromatic carbocycles. The number of hydrogen-bond acceptors (Lipinski definition) is 5. The number of allylic oxidation sites excluding steroid dienone is 1. The molecule has 18 heavy (non-hydrogen) atoms. The molecule has 0 aliphatic rings. The summed E-state index contributed by atoms with van der Waals surface area (Å²) in [5, 5.41) is 3.04. The molecule has 5 nitrogen and oxygen atoms in total. The first kappa shape index (κ1) is 16.7. The summed E-state index contributed by atoms with van der Waals surface area (Å²) in [5.74, 6) is -0.399. The zero-order chi connectivity index (χ0) is 13.8. The van der Waals surface area contributed by atoms with E-state index in [1.165, 1.54) is 12.2 Å². The van der Waals surface area contributed by atoms with Crippen LogP contribution in [0.4, 0.5) is 0 Å².